The number of carbonyl (C=O) groups excluding carboxylic acids is 1. The molecule has 1 amide bonds. The molecular weight excluding hydrogens is 364 g/mol. The largest absolute Gasteiger partial charge is 0.296 e. The van der Waals surface area contributed by atoms with Crippen molar-refractivity contribution in [3.05, 3.63) is 41.6 Å². The van der Waals surface area contributed by atoms with Crippen LogP contribution in [0.15, 0.2) is 41.4 Å². The second-order valence-electron chi connectivity index (χ2n) is 5.77. The molecule has 2 heterocycles. The SMILES string of the molecule is CCn1nccc1N1CCC[C@@H](NS(=O)(=O)c2ccc(Cl)cc2)C1=O. The van der Waals surface area contributed by atoms with E-state index in [2.05, 4.69) is 9.82 Å². The molecular formula is C16H19ClN4O3S. The third-order valence-electron chi connectivity index (χ3n) is 4.13. The van der Waals surface area contributed by atoms with Crippen molar-refractivity contribution in [3.8, 4) is 0 Å². The molecule has 1 aromatic heterocycles. The lowest BCUT2D eigenvalue weighted by Crippen LogP contribution is -2.52. The number of carbonyl (C=O) groups is 1. The lowest BCUT2D eigenvalue weighted by molar-refractivity contribution is -0.121. The van der Waals surface area contributed by atoms with Crippen LogP contribution in [0.2, 0.25) is 5.02 Å². The zero-order valence-corrected chi connectivity index (χ0v) is 15.3. The molecule has 25 heavy (non-hydrogen) atoms. The molecule has 134 valence electrons. The van der Waals surface area contributed by atoms with Gasteiger partial charge in [-0.25, -0.2) is 13.1 Å². The molecule has 0 radical (unpaired) electrons. The fourth-order valence-electron chi connectivity index (χ4n) is 2.88. The van der Waals surface area contributed by atoms with E-state index < -0.39 is 16.1 Å². The number of hydrogen-bond acceptors (Lipinski definition) is 4. The van der Waals surface area contributed by atoms with Gasteiger partial charge in [0.2, 0.25) is 15.9 Å². The van der Waals surface area contributed by atoms with E-state index in [9.17, 15) is 13.2 Å². The van der Waals surface area contributed by atoms with Crippen molar-refractivity contribution in [3.63, 3.8) is 0 Å². The first-order valence-corrected chi connectivity index (χ1v) is 9.89. The van der Waals surface area contributed by atoms with Gasteiger partial charge in [-0.3, -0.25) is 9.69 Å². The van der Waals surface area contributed by atoms with Crippen LogP contribution in [0.4, 0.5) is 5.82 Å². The Morgan fingerprint density at radius 1 is 1.28 bits per heavy atom. The summed E-state index contributed by atoms with van der Waals surface area (Å²) < 4.78 is 29.3. The van der Waals surface area contributed by atoms with Crippen LogP contribution >= 0.6 is 11.6 Å². The average Bonchev–Trinajstić information content (AvgIpc) is 3.05. The van der Waals surface area contributed by atoms with Crippen LogP contribution in [-0.2, 0) is 21.4 Å². The predicted octanol–water partition coefficient (Wildman–Crippen LogP) is 2.03. The molecule has 2 aromatic rings. The number of aromatic nitrogens is 2. The molecule has 7 nitrogen and oxygen atoms in total. The zero-order chi connectivity index (χ0) is 18.0. The Morgan fingerprint density at radius 3 is 2.68 bits per heavy atom. The number of sulfonamides is 1. The van der Waals surface area contributed by atoms with Crippen molar-refractivity contribution in [2.75, 3.05) is 11.4 Å². The molecule has 1 saturated heterocycles. The maximum atomic E-state index is 12.8. The van der Waals surface area contributed by atoms with Crippen LogP contribution in [0, 0.1) is 0 Å². The summed E-state index contributed by atoms with van der Waals surface area (Å²) in [6.45, 7) is 3.11. The number of piperidine rings is 1. The summed E-state index contributed by atoms with van der Waals surface area (Å²) in [7, 11) is -3.80. The number of rotatable bonds is 5. The van der Waals surface area contributed by atoms with E-state index in [-0.39, 0.29) is 10.8 Å². The topological polar surface area (TPSA) is 84.3 Å². The normalized spacial score (nSPS) is 18.6. The molecule has 0 saturated carbocycles. The number of nitrogens with zero attached hydrogens (tertiary/aromatic N) is 3. The number of aryl methyl sites for hydroxylation is 1. The van der Waals surface area contributed by atoms with E-state index in [0.717, 1.165) is 0 Å². The summed E-state index contributed by atoms with van der Waals surface area (Å²) in [5, 5.41) is 4.62. The summed E-state index contributed by atoms with van der Waals surface area (Å²) in [5.74, 6) is 0.418. The molecule has 1 N–H and O–H groups in total. The summed E-state index contributed by atoms with van der Waals surface area (Å²) >= 11 is 5.80. The minimum atomic E-state index is -3.80. The van der Waals surface area contributed by atoms with Crippen molar-refractivity contribution < 1.29 is 13.2 Å². The number of nitrogens with one attached hydrogen (secondary N) is 1. The highest BCUT2D eigenvalue weighted by molar-refractivity contribution is 7.89. The van der Waals surface area contributed by atoms with Crippen molar-refractivity contribution in [2.45, 2.75) is 37.2 Å². The van der Waals surface area contributed by atoms with Crippen molar-refractivity contribution in [2.24, 2.45) is 0 Å². The monoisotopic (exact) mass is 382 g/mol. The Hall–Kier alpha value is -1.90. The molecule has 0 aliphatic carbocycles. The lowest BCUT2D eigenvalue weighted by atomic mass is 10.1. The van der Waals surface area contributed by atoms with Crippen LogP contribution in [0.5, 0.6) is 0 Å². The molecule has 1 atom stereocenters. The van der Waals surface area contributed by atoms with E-state index in [4.69, 9.17) is 11.6 Å². The van der Waals surface area contributed by atoms with Crippen molar-refractivity contribution in [1.82, 2.24) is 14.5 Å². The summed E-state index contributed by atoms with van der Waals surface area (Å²) in [6, 6.07) is 6.81. The number of anilines is 1. The van der Waals surface area contributed by atoms with Gasteiger partial charge in [0.05, 0.1) is 11.1 Å². The van der Waals surface area contributed by atoms with Gasteiger partial charge in [0.25, 0.3) is 0 Å². The minimum Gasteiger partial charge on any atom is -0.296 e. The van der Waals surface area contributed by atoms with Crippen LogP contribution in [0.3, 0.4) is 0 Å². The van der Waals surface area contributed by atoms with Gasteiger partial charge in [-0.05, 0) is 44.0 Å². The van der Waals surface area contributed by atoms with E-state index in [1.165, 1.54) is 24.3 Å². The highest BCUT2D eigenvalue weighted by Crippen LogP contribution is 2.22. The smallest absolute Gasteiger partial charge is 0.246 e. The molecule has 0 unspecified atom stereocenters. The summed E-state index contributed by atoms with van der Waals surface area (Å²) in [5.41, 5.74) is 0. The van der Waals surface area contributed by atoms with Gasteiger partial charge in [-0.2, -0.15) is 9.82 Å². The molecule has 3 rings (SSSR count). The van der Waals surface area contributed by atoms with Gasteiger partial charge in [-0.1, -0.05) is 11.6 Å². The van der Waals surface area contributed by atoms with Crippen molar-refractivity contribution in [1.29, 1.82) is 0 Å². The molecule has 9 heteroatoms. The van der Waals surface area contributed by atoms with Gasteiger partial charge in [0.1, 0.15) is 11.9 Å². The summed E-state index contributed by atoms with van der Waals surface area (Å²) in [4.78, 5) is 14.5. The molecule has 0 spiro atoms. The highest BCUT2D eigenvalue weighted by Gasteiger charge is 2.34. The van der Waals surface area contributed by atoms with Crippen LogP contribution < -0.4 is 9.62 Å². The number of amides is 1. The molecule has 1 aliphatic rings. The Morgan fingerprint density at radius 2 is 2.00 bits per heavy atom. The first kappa shape index (κ1) is 17.9. The van der Waals surface area contributed by atoms with Gasteiger partial charge < -0.3 is 0 Å². The van der Waals surface area contributed by atoms with Gasteiger partial charge in [0, 0.05) is 24.2 Å². The second-order valence-corrected chi connectivity index (χ2v) is 7.92. The average molecular weight is 383 g/mol. The first-order chi connectivity index (χ1) is 11.9. The van der Waals surface area contributed by atoms with E-state index >= 15 is 0 Å². The lowest BCUT2D eigenvalue weighted by Gasteiger charge is -2.32. The van der Waals surface area contributed by atoms with E-state index in [1.807, 2.05) is 6.92 Å². The fraction of sp³-hybridized carbons (Fsp3) is 0.375. The summed E-state index contributed by atoms with van der Waals surface area (Å²) in [6.07, 6.45) is 2.80. The Kier molecular flexibility index (Phi) is 5.12. The third kappa shape index (κ3) is 3.70. The van der Waals surface area contributed by atoms with E-state index in [0.29, 0.717) is 36.8 Å². The van der Waals surface area contributed by atoms with Crippen molar-refractivity contribution >= 4 is 33.3 Å². The third-order valence-corrected chi connectivity index (χ3v) is 5.87. The highest BCUT2D eigenvalue weighted by atomic mass is 35.5. The number of benzene rings is 1. The van der Waals surface area contributed by atoms with Gasteiger partial charge >= 0.3 is 0 Å². The quantitative estimate of drug-likeness (QED) is 0.857. The molecule has 1 fully saturated rings. The Labute approximate surface area is 151 Å². The Bertz CT molecular complexity index is 864. The minimum absolute atomic E-state index is 0.0837. The maximum Gasteiger partial charge on any atom is 0.246 e. The van der Waals surface area contributed by atoms with E-state index in [1.54, 1.807) is 21.8 Å². The second kappa shape index (κ2) is 7.15. The van der Waals surface area contributed by atoms with Gasteiger partial charge in [0.15, 0.2) is 0 Å². The molecule has 1 aliphatic heterocycles. The van der Waals surface area contributed by atoms with Gasteiger partial charge in [-0.15, -0.1) is 0 Å². The zero-order valence-electron chi connectivity index (χ0n) is 13.7. The fourth-order valence-corrected chi connectivity index (χ4v) is 4.23. The van der Waals surface area contributed by atoms with Crippen LogP contribution in [0.25, 0.3) is 0 Å². The molecule has 1 aromatic carbocycles. The standard InChI is InChI=1S/C16H19ClN4O3S/c1-2-21-15(9-10-18-21)20-11-3-4-14(16(20)22)19-25(23,24)13-7-5-12(17)6-8-13/h5-10,14,19H,2-4,11H2,1H3/t14-/m1/s1. The first-order valence-electron chi connectivity index (χ1n) is 8.03. The maximum absolute atomic E-state index is 12.8. The Balaban J connectivity index is 1.80. The number of hydrogen-bond donors (Lipinski definition) is 1. The predicted molar refractivity (Wildman–Crippen MR) is 95.0 cm³/mol. The number of halogens is 1. The van der Waals surface area contributed by atoms with Crippen LogP contribution in [-0.4, -0.2) is 36.7 Å². The van der Waals surface area contributed by atoms with Crippen LogP contribution in [0.1, 0.15) is 19.8 Å². The molecule has 0 bridgehead atoms.